The second-order valence-electron chi connectivity index (χ2n) is 7.03. The highest BCUT2D eigenvalue weighted by molar-refractivity contribution is 5.74. The smallest absolute Gasteiger partial charge is 0.315 e. The Hall–Kier alpha value is -0.810. The Labute approximate surface area is 127 Å². The first kappa shape index (κ1) is 15.1. The Balaban J connectivity index is 1.36. The minimum atomic E-state index is -0.148. The number of aliphatic hydroxyl groups excluding tert-OH is 1. The number of hydrogen-bond acceptors (Lipinski definition) is 3. The van der Waals surface area contributed by atoms with Gasteiger partial charge in [0.25, 0.3) is 0 Å². The third kappa shape index (κ3) is 4.33. The molecule has 0 aromatic carbocycles. The first-order chi connectivity index (χ1) is 10.2. The van der Waals surface area contributed by atoms with Crippen LogP contribution in [-0.4, -0.2) is 53.9 Å². The van der Waals surface area contributed by atoms with E-state index in [0.29, 0.717) is 12.1 Å². The van der Waals surface area contributed by atoms with Crippen LogP contribution in [0.2, 0.25) is 0 Å². The van der Waals surface area contributed by atoms with Crippen LogP contribution in [0, 0.1) is 5.92 Å². The van der Waals surface area contributed by atoms with Gasteiger partial charge < -0.3 is 15.7 Å². The molecule has 1 aliphatic heterocycles. The van der Waals surface area contributed by atoms with E-state index in [0.717, 1.165) is 57.7 Å². The fourth-order valence-corrected chi connectivity index (χ4v) is 3.69. The maximum absolute atomic E-state index is 11.8. The number of nitrogens with one attached hydrogen (secondary N) is 2. The van der Waals surface area contributed by atoms with Gasteiger partial charge in [0, 0.05) is 31.7 Å². The number of likely N-dealkylation sites (tertiary alicyclic amines) is 1. The molecule has 2 amide bonds. The van der Waals surface area contributed by atoms with Gasteiger partial charge in [-0.15, -0.1) is 0 Å². The van der Waals surface area contributed by atoms with Crippen LogP contribution < -0.4 is 10.6 Å². The molecule has 1 heterocycles. The molecule has 2 atom stereocenters. The van der Waals surface area contributed by atoms with Gasteiger partial charge in [-0.1, -0.05) is 12.8 Å². The Bertz CT molecular complexity index is 351. The summed E-state index contributed by atoms with van der Waals surface area (Å²) in [5, 5.41) is 16.2. The molecule has 0 spiro atoms. The molecule has 3 fully saturated rings. The number of carbonyl (C=O) groups is 1. The molecule has 21 heavy (non-hydrogen) atoms. The van der Waals surface area contributed by atoms with Gasteiger partial charge in [-0.3, -0.25) is 4.90 Å². The SMILES string of the molecule is O=C(NCC1CC1)NC1CCN(C2CCCCC2O)CC1. The lowest BCUT2D eigenvalue weighted by molar-refractivity contribution is 0.00777. The van der Waals surface area contributed by atoms with Crippen LogP contribution in [-0.2, 0) is 0 Å². The van der Waals surface area contributed by atoms with Gasteiger partial charge >= 0.3 is 6.03 Å². The van der Waals surface area contributed by atoms with Gasteiger partial charge in [-0.25, -0.2) is 4.79 Å². The number of piperidine rings is 1. The van der Waals surface area contributed by atoms with Crippen molar-refractivity contribution in [1.29, 1.82) is 0 Å². The first-order valence-corrected chi connectivity index (χ1v) is 8.69. The normalized spacial score (nSPS) is 31.9. The van der Waals surface area contributed by atoms with Crippen LogP contribution in [0.1, 0.15) is 51.4 Å². The summed E-state index contributed by atoms with van der Waals surface area (Å²) in [6.45, 7) is 2.82. The van der Waals surface area contributed by atoms with Gasteiger partial charge in [0.05, 0.1) is 6.10 Å². The number of rotatable bonds is 4. The summed E-state index contributed by atoms with van der Waals surface area (Å²) in [7, 11) is 0. The van der Waals surface area contributed by atoms with Crippen molar-refractivity contribution in [3.63, 3.8) is 0 Å². The standard InChI is InChI=1S/C16H29N3O2/c20-15-4-2-1-3-14(15)19-9-7-13(8-10-19)18-16(21)17-11-12-5-6-12/h12-15,20H,1-11H2,(H2,17,18,21). The molecule has 1 saturated heterocycles. The van der Waals surface area contributed by atoms with Crippen molar-refractivity contribution >= 4 is 6.03 Å². The van der Waals surface area contributed by atoms with E-state index >= 15 is 0 Å². The van der Waals surface area contributed by atoms with Crippen LogP contribution >= 0.6 is 0 Å². The van der Waals surface area contributed by atoms with Crippen LogP contribution in [0.5, 0.6) is 0 Å². The Morgan fingerprint density at radius 1 is 1.05 bits per heavy atom. The predicted octanol–water partition coefficient (Wildman–Crippen LogP) is 1.46. The molecular weight excluding hydrogens is 266 g/mol. The highest BCUT2D eigenvalue weighted by Gasteiger charge is 2.31. The van der Waals surface area contributed by atoms with Crippen molar-refractivity contribution in [3.05, 3.63) is 0 Å². The van der Waals surface area contributed by atoms with Crippen LogP contribution in [0.3, 0.4) is 0 Å². The summed E-state index contributed by atoms with van der Waals surface area (Å²) in [4.78, 5) is 14.2. The average molecular weight is 295 g/mol. The summed E-state index contributed by atoms with van der Waals surface area (Å²) in [5.74, 6) is 0.727. The second kappa shape index (κ2) is 6.97. The molecule has 5 heteroatoms. The van der Waals surface area contributed by atoms with Crippen molar-refractivity contribution in [1.82, 2.24) is 15.5 Å². The maximum atomic E-state index is 11.8. The molecule has 0 radical (unpaired) electrons. The van der Waals surface area contributed by atoms with Crippen molar-refractivity contribution in [3.8, 4) is 0 Å². The second-order valence-corrected chi connectivity index (χ2v) is 7.03. The molecular formula is C16H29N3O2. The number of hydrogen-bond donors (Lipinski definition) is 3. The number of nitrogens with zero attached hydrogens (tertiary/aromatic N) is 1. The fourth-order valence-electron chi connectivity index (χ4n) is 3.69. The van der Waals surface area contributed by atoms with E-state index in [-0.39, 0.29) is 12.1 Å². The van der Waals surface area contributed by atoms with E-state index in [9.17, 15) is 9.90 Å². The summed E-state index contributed by atoms with van der Waals surface area (Å²) in [6, 6.07) is 0.641. The lowest BCUT2D eigenvalue weighted by Crippen LogP contribution is -2.53. The van der Waals surface area contributed by atoms with Gasteiger partial charge in [-0.2, -0.15) is 0 Å². The lowest BCUT2D eigenvalue weighted by atomic mass is 9.89. The molecule has 0 aromatic heterocycles. The topological polar surface area (TPSA) is 64.6 Å². The molecule has 0 aromatic rings. The molecule has 2 unspecified atom stereocenters. The zero-order chi connectivity index (χ0) is 14.7. The predicted molar refractivity (Wildman–Crippen MR) is 82.1 cm³/mol. The number of amides is 2. The third-order valence-electron chi connectivity index (χ3n) is 5.28. The van der Waals surface area contributed by atoms with Crippen LogP contribution in [0.25, 0.3) is 0 Å². The molecule has 3 aliphatic rings. The van der Waals surface area contributed by atoms with Crippen LogP contribution in [0.4, 0.5) is 4.79 Å². The van der Waals surface area contributed by atoms with Gasteiger partial charge in [-0.05, 0) is 44.4 Å². The van der Waals surface area contributed by atoms with Gasteiger partial charge in [0.15, 0.2) is 0 Å². The van der Waals surface area contributed by atoms with Gasteiger partial charge in [0.2, 0.25) is 0 Å². The quantitative estimate of drug-likeness (QED) is 0.736. The first-order valence-electron chi connectivity index (χ1n) is 8.69. The lowest BCUT2D eigenvalue weighted by Gasteiger charge is -2.41. The Morgan fingerprint density at radius 3 is 2.43 bits per heavy atom. The van der Waals surface area contributed by atoms with Crippen molar-refractivity contribution < 1.29 is 9.90 Å². The zero-order valence-corrected chi connectivity index (χ0v) is 12.9. The average Bonchev–Trinajstić information content (AvgIpc) is 3.31. The molecule has 5 nitrogen and oxygen atoms in total. The van der Waals surface area contributed by atoms with E-state index < -0.39 is 0 Å². The summed E-state index contributed by atoms with van der Waals surface area (Å²) >= 11 is 0. The van der Waals surface area contributed by atoms with Crippen molar-refractivity contribution in [2.24, 2.45) is 5.92 Å². The van der Waals surface area contributed by atoms with Gasteiger partial charge in [0.1, 0.15) is 0 Å². The maximum Gasteiger partial charge on any atom is 0.315 e. The Morgan fingerprint density at radius 2 is 1.76 bits per heavy atom. The van der Waals surface area contributed by atoms with E-state index in [4.69, 9.17) is 0 Å². The monoisotopic (exact) mass is 295 g/mol. The summed E-state index contributed by atoms with van der Waals surface area (Å²) < 4.78 is 0. The minimum absolute atomic E-state index is 0.00180. The van der Waals surface area contributed by atoms with Crippen molar-refractivity contribution in [2.45, 2.75) is 69.6 Å². The molecule has 0 bridgehead atoms. The van der Waals surface area contributed by atoms with E-state index in [1.54, 1.807) is 0 Å². The highest BCUT2D eigenvalue weighted by atomic mass is 16.3. The third-order valence-corrected chi connectivity index (χ3v) is 5.28. The number of urea groups is 1. The minimum Gasteiger partial charge on any atom is -0.391 e. The van der Waals surface area contributed by atoms with Crippen LogP contribution in [0.15, 0.2) is 0 Å². The zero-order valence-electron chi connectivity index (χ0n) is 12.9. The van der Waals surface area contributed by atoms with E-state index in [1.165, 1.54) is 19.3 Å². The Kier molecular flexibility index (Phi) is 5.01. The number of aliphatic hydroxyl groups is 1. The summed E-state index contributed by atoms with van der Waals surface area (Å²) in [6.07, 6.45) is 8.86. The largest absolute Gasteiger partial charge is 0.391 e. The number of carbonyl (C=O) groups excluding carboxylic acids is 1. The molecule has 2 aliphatic carbocycles. The molecule has 120 valence electrons. The van der Waals surface area contributed by atoms with Crippen molar-refractivity contribution in [2.75, 3.05) is 19.6 Å². The van der Waals surface area contributed by atoms with E-state index in [1.807, 2.05) is 0 Å². The molecule has 3 N–H and O–H groups in total. The fraction of sp³-hybridized carbons (Fsp3) is 0.938. The summed E-state index contributed by atoms with van der Waals surface area (Å²) in [5.41, 5.74) is 0. The highest BCUT2D eigenvalue weighted by Crippen LogP contribution is 2.27. The molecule has 3 rings (SSSR count). The molecule has 2 saturated carbocycles. The van der Waals surface area contributed by atoms with E-state index in [2.05, 4.69) is 15.5 Å².